The summed E-state index contributed by atoms with van der Waals surface area (Å²) in [5, 5.41) is 9.91. The van der Waals surface area contributed by atoms with E-state index in [0.717, 1.165) is 0 Å². The summed E-state index contributed by atoms with van der Waals surface area (Å²) >= 11 is 5.62. The molecule has 0 spiro atoms. The van der Waals surface area contributed by atoms with Gasteiger partial charge in [-0.2, -0.15) is 0 Å². The third kappa shape index (κ3) is 2.17. The first-order chi connectivity index (χ1) is 5.24. The van der Waals surface area contributed by atoms with Crippen LogP contribution < -0.4 is 0 Å². The molecule has 0 fully saturated rings. The highest BCUT2D eigenvalue weighted by atomic mass is 35.5. The molecule has 0 saturated carbocycles. The van der Waals surface area contributed by atoms with E-state index in [1.807, 2.05) is 6.92 Å². The van der Waals surface area contributed by atoms with Crippen LogP contribution in [-0.2, 0) is 0 Å². The molecule has 0 unspecified atom stereocenters. The van der Waals surface area contributed by atoms with Gasteiger partial charge in [-0.3, -0.25) is 4.98 Å². The van der Waals surface area contributed by atoms with Crippen LogP contribution in [-0.4, -0.2) is 10.1 Å². The highest BCUT2D eigenvalue weighted by Crippen LogP contribution is 2.14. The van der Waals surface area contributed by atoms with E-state index in [-0.39, 0.29) is 0 Å². The second-order valence-electron chi connectivity index (χ2n) is 2.33. The van der Waals surface area contributed by atoms with Crippen molar-refractivity contribution in [2.45, 2.75) is 19.4 Å². The molecule has 60 valence electrons. The van der Waals surface area contributed by atoms with Crippen molar-refractivity contribution in [3.63, 3.8) is 0 Å². The molecular weight excluding hydrogens is 162 g/mol. The van der Waals surface area contributed by atoms with E-state index in [0.29, 0.717) is 17.1 Å². The van der Waals surface area contributed by atoms with E-state index in [1.54, 1.807) is 12.1 Å². The lowest BCUT2D eigenvalue weighted by atomic mass is 10.2. The number of aliphatic hydroxyl groups excluding tert-OH is 1. The number of aliphatic hydroxyl groups is 1. The molecule has 0 amide bonds. The summed E-state index contributed by atoms with van der Waals surface area (Å²) in [5.74, 6) is 0. The molecule has 0 aromatic carbocycles. The summed E-state index contributed by atoms with van der Waals surface area (Å²) in [4.78, 5) is 3.97. The van der Waals surface area contributed by atoms with Crippen LogP contribution in [0.15, 0.2) is 18.3 Å². The fourth-order valence-corrected chi connectivity index (χ4v) is 0.905. The maximum Gasteiger partial charge on any atom is 0.0957 e. The van der Waals surface area contributed by atoms with Gasteiger partial charge in [-0.25, -0.2) is 0 Å². The van der Waals surface area contributed by atoms with Crippen molar-refractivity contribution in [1.29, 1.82) is 0 Å². The average Bonchev–Trinajstić information content (AvgIpc) is 2.05. The summed E-state index contributed by atoms with van der Waals surface area (Å²) in [6.07, 6.45) is 1.75. The van der Waals surface area contributed by atoms with Crippen molar-refractivity contribution in [2.24, 2.45) is 0 Å². The number of pyridine rings is 1. The summed E-state index contributed by atoms with van der Waals surface area (Å²) < 4.78 is 0. The molecule has 2 nitrogen and oxygen atoms in total. The van der Waals surface area contributed by atoms with E-state index in [9.17, 15) is 5.11 Å². The Kier molecular flexibility index (Phi) is 2.85. The standard InChI is InChI=1S/C8H10ClNO/c1-2-8(11)7-4-3-6(9)5-10-7/h3-5,8,11H,2H2,1H3/t8-/m1/s1. The summed E-state index contributed by atoms with van der Waals surface area (Å²) in [6, 6.07) is 3.46. The third-order valence-corrected chi connectivity index (χ3v) is 1.70. The van der Waals surface area contributed by atoms with Gasteiger partial charge in [0.05, 0.1) is 16.8 Å². The molecular formula is C8H10ClNO. The topological polar surface area (TPSA) is 33.1 Å². The van der Waals surface area contributed by atoms with Crippen LogP contribution in [0.2, 0.25) is 5.02 Å². The second-order valence-corrected chi connectivity index (χ2v) is 2.76. The predicted octanol–water partition coefficient (Wildman–Crippen LogP) is 2.18. The first-order valence-electron chi connectivity index (χ1n) is 3.53. The third-order valence-electron chi connectivity index (χ3n) is 1.48. The van der Waals surface area contributed by atoms with E-state index in [1.165, 1.54) is 6.20 Å². The van der Waals surface area contributed by atoms with Gasteiger partial charge in [-0.1, -0.05) is 18.5 Å². The molecule has 1 rings (SSSR count). The monoisotopic (exact) mass is 171 g/mol. The molecule has 3 heteroatoms. The normalized spacial score (nSPS) is 13.0. The zero-order chi connectivity index (χ0) is 8.27. The molecule has 1 atom stereocenters. The van der Waals surface area contributed by atoms with Gasteiger partial charge in [0.25, 0.3) is 0 Å². The second kappa shape index (κ2) is 3.69. The molecule has 1 aromatic rings. The van der Waals surface area contributed by atoms with Gasteiger partial charge in [-0.05, 0) is 18.6 Å². The maximum atomic E-state index is 9.31. The van der Waals surface area contributed by atoms with Crippen LogP contribution in [0.5, 0.6) is 0 Å². The Bertz CT molecular complexity index is 222. The predicted molar refractivity (Wildman–Crippen MR) is 44.5 cm³/mol. The summed E-state index contributed by atoms with van der Waals surface area (Å²) in [7, 11) is 0. The van der Waals surface area contributed by atoms with Gasteiger partial charge in [0.15, 0.2) is 0 Å². The Hall–Kier alpha value is -0.600. The van der Waals surface area contributed by atoms with E-state index in [4.69, 9.17) is 11.6 Å². The van der Waals surface area contributed by atoms with Crippen molar-refractivity contribution in [3.05, 3.63) is 29.0 Å². The highest BCUT2D eigenvalue weighted by Gasteiger charge is 2.04. The number of halogens is 1. The van der Waals surface area contributed by atoms with Gasteiger partial charge in [0.2, 0.25) is 0 Å². The number of aromatic nitrogens is 1. The Morgan fingerprint density at radius 2 is 2.36 bits per heavy atom. The smallest absolute Gasteiger partial charge is 0.0957 e. The Morgan fingerprint density at radius 1 is 1.64 bits per heavy atom. The van der Waals surface area contributed by atoms with Gasteiger partial charge >= 0.3 is 0 Å². The Balaban J connectivity index is 2.81. The Labute approximate surface area is 70.8 Å². The van der Waals surface area contributed by atoms with Crippen LogP contribution in [0.4, 0.5) is 0 Å². The number of hydrogen-bond donors (Lipinski definition) is 1. The molecule has 11 heavy (non-hydrogen) atoms. The average molecular weight is 172 g/mol. The molecule has 1 aromatic heterocycles. The van der Waals surface area contributed by atoms with Crippen LogP contribution in [0.1, 0.15) is 25.1 Å². The lowest BCUT2D eigenvalue weighted by Gasteiger charge is -2.05. The van der Waals surface area contributed by atoms with E-state index < -0.39 is 6.10 Å². The lowest BCUT2D eigenvalue weighted by molar-refractivity contribution is 0.169. The lowest BCUT2D eigenvalue weighted by Crippen LogP contribution is -1.97. The minimum atomic E-state index is -0.465. The first kappa shape index (κ1) is 8.50. The van der Waals surface area contributed by atoms with Crippen LogP contribution in [0.25, 0.3) is 0 Å². The van der Waals surface area contributed by atoms with Crippen LogP contribution >= 0.6 is 11.6 Å². The molecule has 0 aliphatic carbocycles. The quantitative estimate of drug-likeness (QED) is 0.740. The number of nitrogens with zero attached hydrogens (tertiary/aromatic N) is 1. The molecule has 1 N–H and O–H groups in total. The van der Waals surface area contributed by atoms with Gasteiger partial charge in [0, 0.05) is 6.20 Å². The Morgan fingerprint density at radius 3 is 2.82 bits per heavy atom. The molecule has 0 radical (unpaired) electrons. The molecule has 0 saturated heterocycles. The zero-order valence-corrected chi connectivity index (χ0v) is 7.04. The molecule has 0 aliphatic heterocycles. The molecule has 0 bridgehead atoms. The number of hydrogen-bond acceptors (Lipinski definition) is 2. The van der Waals surface area contributed by atoms with Gasteiger partial charge in [-0.15, -0.1) is 0 Å². The molecule has 1 heterocycles. The fourth-order valence-electron chi connectivity index (χ4n) is 0.794. The molecule has 0 aliphatic rings. The minimum Gasteiger partial charge on any atom is -0.387 e. The zero-order valence-electron chi connectivity index (χ0n) is 6.29. The summed E-state index contributed by atoms with van der Waals surface area (Å²) in [6.45, 7) is 1.90. The summed E-state index contributed by atoms with van der Waals surface area (Å²) in [5.41, 5.74) is 0.678. The van der Waals surface area contributed by atoms with E-state index in [2.05, 4.69) is 4.98 Å². The van der Waals surface area contributed by atoms with Crippen LogP contribution in [0, 0.1) is 0 Å². The van der Waals surface area contributed by atoms with E-state index >= 15 is 0 Å². The fraction of sp³-hybridized carbons (Fsp3) is 0.375. The largest absolute Gasteiger partial charge is 0.387 e. The van der Waals surface area contributed by atoms with Crippen molar-refractivity contribution < 1.29 is 5.11 Å². The minimum absolute atomic E-state index is 0.465. The highest BCUT2D eigenvalue weighted by molar-refractivity contribution is 6.30. The van der Waals surface area contributed by atoms with Crippen molar-refractivity contribution in [3.8, 4) is 0 Å². The van der Waals surface area contributed by atoms with Crippen molar-refractivity contribution in [2.75, 3.05) is 0 Å². The van der Waals surface area contributed by atoms with Crippen LogP contribution in [0.3, 0.4) is 0 Å². The SMILES string of the molecule is CC[C@@H](O)c1ccc(Cl)cn1. The van der Waals surface area contributed by atoms with Crippen molar-refractivity contribution >= 4 is 11.6 Å². The van der Waals surface area contributed by atoms with Crippen molar-refractivity contribution in [1.82, 2.24) is 4.98 Å². The number of rotatable bonds is 2. The van der Waals surface area contributed by atoms with Gasteiger partial charge in [0.1, 0.15) is 0 Å². The maximum absolute atomic E-state index is 9.31. The van der Waals surface area contributed by atoms with Gasteiger partial charge < -0.3 is 5.11 Å². The first-order valence-corrected chi connectivity index (χ1v) is 3.91.